The average molecular weight is 310 g/mol. The zero-order valence-corrected chi connectivity index (χ0v) is 13.8. The molecule has 0 saturated carbocycles. The first-order chi connectivity index (χ1) is 9.82. The summed E-state index contributed by atoms with van der Waals surface area (Å²) in [5.41, 5.74) is 0.677. The van der Waals surface area contributed by atoms with Crippen LogP contribution in [0.15, 0.2) is 5.03 Å². The van der Waals surface area contributed by atoms with Gasteiger partial charge in [-0.3, -0.25) is 0 Å². The molecule has 116 valence electrons. The van der Waals surface area contributed by atoms with E-state index in [4.69, 9.17) is 4.74 Å². The normalized spacial score (nSPS) is 20.7. The van der Waals surface area contributed by atoms with E-state index in [2.05, 4.69) is 23.8 Å². The SMILES string of the molecule is CCc1nc(C)c(C(=O)O)c(SCC2CCC(C)(C)O2)n1. The molecule has 2 rings (SSSR count). The van der Waals surface area contributed by atoms with Gasteiger partial charge in [-0.1, -0.05) is 6.92 Å². The lowest BCUT2D eigenvalue weighted by Gasteiger charge is -2.19. The molecule has 0 aromatic carbocycles. The molecular formula is C15H22N2O3S. The largest absolute Gasteiger partial charge is 0.478 e. The van der Waals surface area contributed by atoms with Crippen LogP contribution in [0.1, 0.15) is 55.5 Å². The van der Waals surface area contributed by atoms with Gasteiger partial charge in [-0.25, -0.2) is 14.8 Å². The fourth-order valence-electron chi connectivity index (χ4n) is 2.48. The van der Waals surface area contributed by atoms with E-state index in [0.29, 0.717) is 23.0 Å². The third-order valence-corrected chi connectivity index (χ3v) is 4.70. The van der Waals surface area contributed by atoms with Crippen LogP contribution in [0.3, 0.4) is 0 Å². The Hall–Kier alpha value is -1.14. The summed E-state index contributed by atoms with van der Waals surface area (Å²) in [5.74, 6) is 0.446. The minimum Gasteiger partial charge on any atom is -0.478 e. The van der Waals surface area contributed by atoms with Gasteiger partial charge in [0.1, 0.15) is 16.4 Å². The average Bonchev–Trinajstić information content (AvgIpc) is 2.74. The van der Waals surface area contributed by atoms with Gasteiger partial charge >= 0.3 is 5.97 Å². The van der Waals surface area contributed by atoms with E-state index in [0.717, 1.165) is 18.6 Å². The number of carboxylic acid groups (broad SMARTS) is 1. The maximum absolute atomic E-state index is 11.4. The molecule has 0 aliphatic carbocycles. The highest BCUT2D eigenvalue weighted by atomic mass is 32.2. The Kier molecular flexibility index (Phi) is 4.88. The molecule has 6 heteroatoms. The van der Waals surface area contributed by atoms with Crippen LogP contribution >= 0.6 is 11.8 Å². The summed E-state index contributed by atoms with van der Waals surface area (Å²) in [6.07, 6.45) is 2.90. The van der Waals surface area contributed by atoms with Gasteiger partial charge in [0.15, 0.2) is 0 Å². The predicted octanol–water partition coefficient (Wildman–Crippen LogP) is 3.10. The van der Waals surface area contributed by atoms with Crippen molar-refractivity contribution in [1.29, 1.82) is 0 Å². The van der Waals surface area contributed by atoms with E-state index >= 15 is 0 Å². The Balaban J connectivity index is 2.15. The fraction of sp³-hybridized carbons (Fsp3) is 0.667. The molecule has 0 bridgehead atoms. The highest BCUT2D eigenvalue weighted by Gasteiger charge is 2.32. The first-order valence-electron chi connectivity index (χ1n) is 7.24. The molecule has 1 aliphatic heterocycles. The highest BCUT2D eigenvalue weighted by molar-refractivity contribution is 7.99. The van der Waals surface area contributed by atoms with Gasteiger partial charge in [0.2, 0.25) is 0 Å². The van der Waals surface area contributed by atoms with Crippen LogP contribution in [0.25, 0.3) is 0 Å². The van der Waals surface area contributed by atoms with Crippen LogP contribution in [0.4, 0.5) is 0 Å². The molecule has 1 N–H and O–H groups in total. The standard InChI is InChI=1S/C15H22N2O3S/c1-5-11-16-9(2)12(14(18)19)13(17-11)21-8-10-6-7-15(3,4)20-10/h10H,5-8H2,1-4H3,(H,18,19). The van der Waals surface area contributed by atoms with E-state index in [9.17, 15) is 9.90 Å². The number of ether oxygens (including phenoxy) is 1. The van der Waals surface area contributed by atoms with Crippen molar-refractivity contribution >= 4 is 17.7 Å². The number of nitrogens with zero attached hydrogens (tertiary/aromatic N) is 2. The molecule has 0 amide bonds. The summed E-state index contributed by atoms with van der Waals surface area (Å²) < 4.78 is 5.95. The molecule has 1 aromatic rings. The summed E-state index contributed by atoms with van der Waals surface area (Å²) in [5, 5.41) is 9.92. The molecule has 0 radical (unpaired) electrons. The molecule has 2 heterocycles. The molecule has 1 fully saturated rings. The number of carbonyl (C=O) groups is 1. The zero-order valence-electron chi connectivity index (χ0n) is 13.0. The maximum Gasteiger partial charge on any atom is 0.340 e. The Labute approximate surface area is 129 Å². The van der Waals surface area contributed by atoms with Gasteiger partial charge in [-0.15, -0.1) is 11.8 Å². The third-order valence-electron chi connectivity index (χ3n) is 3.59. The minimum absolute atomic E-state index is 0.0724. The van der Waals surface area contributed by atoms with E-state index in [1.54, 1.807) is 6.92 Å². The summed E-state index contributed by atoms with van der Waals surface area (Å²) in [6, 6.07) is 0. The molecule has 21 heavy (non-hydrogen) atoms. The van der Waals surface area contributed by atoms with Crippen molar-refractivity contribution in [3.63, 3.8) is 0 Å². The van der Waals surface area contributed by atoms with Crippen LogP contribution in [0, 0.1) is 6.92 Å². The van der Waals surface area contributed by atoms with Crippen LogP contribution in [0.5, 0.6) is 0 Å². The number of hydrogen-bond acceptors (Lipinski definition) is 5. The number of hydrogen-bond donors (Lipinski definition) is 1. The number of thioether (sulfide) groups is 1. The van der Waals surface area contributed by atoms with E-state index in [-0.39, 0.29) is 17.3 Å². The van der Waals surface area contributed by atoms with Gasteiger partial charge in [0.05, 0.1) is 17.4 Å². The molecule has 1 atom stereocenters. The van der Waals surface area contributed by atoms with Crippen LogP contribution in [0.2, 0.25) is 0 Å². The smallest absolute Gasteiger partial charge is 0.340 e. The minimum atomic E-state index is -0.967. The summed E-state index contributed by atoms with van der Waals surface area (Å²) >= 11 is 1.46. The summed E-state index contributed by atoms with van der Waals surface area (Å²) in [4.78, 5) is 20.0. The third kappa shape index (κ3) is 3.95. The Bertz CT molecular complexity index is 546. The molecule has 0 spiro atoms. The first kappa shape index (κ1) is 16.2. The maximum atomic E-state index is 11.4. The van der Waals surface area contributed by atoms with Crippen molar-refractivity contribution in [1.82, 2.24) is 9.97 Å². The first-order valence-corrected chi connectivity index (χ1v) is 8.22. The predicted molar refractivity (Wildman–Crippen MR) is 82.0 cm³/mol. The van der Waals surface area contributed by atoms with Crippen molar-refractivity contribution < 1.29 is 14.6 Å². The van der Waals surface area contributed by atoms with E-state index < -0.39 is 5.97 Å². The number of rotatable bonds is 5. The van der Waals surface area contributed by atoms with Crippen molar-refractivity contribution in [3.8, 4) is 0 Å². The van der Waals surface area contributed by atoms with Crippen LogP contribution < -0.4 is 0 Å². The second-order valence-electron chi connectivity index (χ2n) is 5.91. The topological polar surface area (TPSA) is 72.3 Å². The second kappa shape index (κ2) is 6.32. The summed E-state index contributed by atoms with van der Waals surface area (Å²) in [7, 11) is 0. The lowest BCUT2D eigenvalue weighted by molar-refractivity contribution is -0.00469. The molecule has 1 aromatic heterocycles. The quantitative estimate of drug-likeness (QED) is 0.665. The Morgan fingerprint density at radius 2 is 2.19 bits per heavy atom. The van der Waals surface area contributed by atoms with E-state index in [1.807, 2.05) is 6.92 Å². The van der Waals surface area contributed by atoms with Crippen molar-refractivity contribution in [2.24, 2.45) is 0 Å². The number of aromatic carboxylic acids is 1. The fourth-order valence-corrected chi connectivity index (χ4v) is 3.61. The zero-order chi connectivity index (χ0) is 15.6. The van der Waals surface area contributed by atoms with Gasteiger partial charge in [-0.2, -0.15) is 0 Å². The second-order valence-corrected chi connectivity index (χ2v) is 6.92. The molecular weight excluding hydrogens is 288 g/mol. The lowest BCUT2D eigenvalue weighted by Crippen LogP contribution is -2.21. The Morgan fingerprint density at radius 3 is 2.71 bits per heavy atom. The van der Waals surface area contributed by atoms with Crippen LogP contribution in [-0.2, 0) is 11.2 Å². The molecule has 5 nitrogen and oxygen atoms in total. The van der Waals surface area contributed by atoms with Crippen molar-refractivity contribution in [3.05, 3.63) is 17.1 Å². The Morgan fingerprint density at radius 1 is 1.48 bits per heavy atom. The van der Waals surface area contributed by atoms with E-state index in [1.165, 1.54) is 11.8 Å². The van der Waals surface area contributed by atoms with Gasteiger partial charge in [0, 0.05) is 12.2 Å². The van der Waals surface area contributed by atoms with Crippen molar-refractivity contribution in [2.45, 2.75) is 63.7 Å². The number of aromatic nitrogens is 2. The van der Waals surface area contributed by atoms with Crippen LogP contribution in [-0.4, -0.2) is 38.5 Å². The van der Waals surface area contributed by atoms with Gasteiger partial charge in [0.25, 0.3) is 0 Å². The lowest BCUT2D eigenvalue weighted by atomic mass is 10.1. The molecule has 1 saturated heterocycles. The van der Waals surface area contributed by atoms with Crippen molar-refractivity contribution in [2.75, 3.05) is 5.75 Å². The highest BCUT2D eigenvalue weighted by Crippen LogP contribution is 2.33. The number of carboxylic acids is 1. The van der Waals surface area contributed by atoms with Gasteiger partial charge in [-0.05, 0) is 33.6 Å². The van der Waals surface area contributed by atoms with Gasteiger partial charge < -0.3 is 9.84 Å². The molecule has 1 aliphatic rings. The monoisotopic (exact) mass is 310 g/mol. The number of aryl methyl sites for hydroxylation is 2. The molecule has 1 unspecified atom stereocenters. The summed E-state index contributed by atoms with van der Waals surface area (Å²) in [6.45, 7) is 7.87.